The van der Waals surface area contributed by atoms with Gasteiger partial charge in [0.2, 0.25) is 0 Å². The molecule has 4 N–H and O–H groups in total. The molecule has 0 fully saturated rings. The second-order valence-corrected chi connectivity index (χ2v) is 8.57. The molecule has 0 spiro atoms. The fraction of sp³-hybridized carbons (Fsp3) is 0.0952. The maximum atomic E-state index is 12.9. The van der Waals surface area contributed by atoms with E-state index in [1.807, 2.05) is 41.2 Å². The summed E-state index contributed by atoms with van der Waals surface area (Å²) in [5, 5.41) is 17.3. The molecule has 4 aromatic heterocycles. The van der Waals surface area contributed by atoms with Crippen molar-refractivity contribution in [2.24, 2.45) is 0 Å². The molecule has 0 saturated carbocycles. The van der Waals surface area contributed by atoms with Crippen molar-refractivity contribution in [3.05, 3.63) is 70.2 Å². The van der Waals surface area contributed by atoms with E-state index in [1.54, 1.807) is 27.9 Å². The summed E-state index contributed by atoms with van der Waals surface area (Å²) in [5.41, 5.74) is 10.8. The molecule has 0 unspecified atom stereocenters. The van der Waals surface area contributed by atoms with Gasteiger partial charge in [-0.1, -0.05) is 17.4 Å². The number of nitrogens with one attached hydrogen (secondary N) is 1. The van der Waals surface area contributed by atoms with Crippen molar-refractivity contribution in [3.8, 4) is 11.3 Å². The van der Waals surface area contributed by atoms with Crippen LogP contribution in [0, 0.1) is 0 Å². The van der Waals surface area contributed by atoms with Crippen molar-refractivity contribution in [2.45, 2.75) is 13.2 Å². The second kappa shape index (κ2) is 7.52. The number of hydrogen-bond donors (Lipinski definition) is 3. The quantitative estimate of drug-likeness (QED) is 0.391. The van der Waals surface area contributed by atoms with Gasteiger partial charge in [0.1, 0.15) is 0 Å². The van der Waals surface area contributed by atoms with Crippen molar-refractivity contribution < 1.29 is 9.90 Å². The first kappa shape index (κ1) is 18.7. The summed E-state index contributed by atoms with van der Waals surface area (Å²) in [5.74, 6) is -0.226. The van der Waals surface area contributed by atoms with Crippen LogP contribution >= 0.6 is 22.7 Å². The van der Waals surface area contributed by atoms with Crippen LogP contribution in [0.5, 0.6) is 0 Å². The van der Waals surface area contributed by atoms with E-state index in [4.69, 9.17) is 5.73 Å². The van der Waals surface area contributed by atoms with Crippen molar-refractivity contribution in [2.75, 3.05) is 5.73 Å². The fourth-order valence-electron chi connectivity index (χ4n) is 3.45. The number of aliphatic hydroxyl groups excluding tert-OH is 1. The van der Waals surface area contributed by atoms with Gasteiger partial charge in [-0.2, -0.15) is 11.3 Å². The predicted octanol–water partition coefficient (Wildman–Crippen LogP) is 3.68. The van der Waals surface area contributed by atoms with Crippen LogP contribution < -0.4 is 11.1 Å². The number of nitrogen functional groups attached to an aromatic ring is 1. The molecule has 150 valence electrons. The summed E-state index contributed by atoms with van der Waals surface area (Å²) in [4.78, 5) is 21.9. The smallest absolute Gasteiger partial charge is 0.255 e. The van der Waals surface area contributed by atoms with Crippen LogP contribution in [0.15, 0.2) is 53.4 Å². The van der Waals surface area contributed by atoms with E-state index >= 15 is 0 Å². The van der Waals surface area contributed by atoms with E-state index in [-0.39, 0.29) is 12.5 Å². The Labute approximate surface area is 179 Å². The van der Waals surface area contributed by atoms with Crippen LogP contribution in [0.3, 0.4) is 0 Å². The highest BCUT2D eigenvalue weighted by molar-refractivity contribution is 7.22. The van der Waals surface area contributed by atoms with Crippen LogP contribution in [0.25, 0.3) is 27.1 Å². The third kappa shape index (κ3) is 3.22. The molecule has 0 atom stereocenters. The molecule has 0 saturated heterocycles. The van der Waals surface area contributed by atoms with Gasteiger partial charge in [0.15, 0.2) is 10.8 Å². The van der Waals surface area contributed by atoms with Gasteiger partial charge in [-0.05, 0) is 41.3 Å². The van der Waals surface area contributed by atoms with Crippen LogP contribution in [0.2, 0.25) is 0 Å². The van der Waals surface area contributed by atoms with Crippen molar-refractivity contribution in [1.82, 2.24) is 19.7 Å². The maximum absolute atomic E-state index is 12.9. The van der Waals surface area contributed by atoms with Crippen LogP contribution in [0.1, 0.15) is 21.6 Å². The Morgan fingerprint density at radius 3 is 2.93 bits per heavy atom. The number of amides is 1. The zero-order valence-corrected chi connectivity index (χ0v) is 17.3. The molecule has 0 radical (unpaired) electrons. The number of pyridine rings is 1. The average Bonchev–Trinajstić information content (AvgIpc) is 3.47. The minimum absolute atomic E-state index is 0.171. The summed E-state index contributed by atoms with van der Waals surface area (Å²) >= 11 is 2.98. The van der Waals surface area contributed by atoms with Gasteiger partial charge < -0.3 is 20.6 Å². The number of carbonyl (C=O) groups excluding carboxylic acids is 1. The Hall–Kier alpha value is -3.27. The number of benzene rings is 1. The lowest BCUT2D eigenvalue weighted by atomic mass is 10.2. The molecule has 5 aromatic rings. The summed E-state index contributed by atoms with van der Waals surface area (Å²) in [6.07, 6.45) is 1.81. The number of hydrogen-bond acceptors (Lipinski definition) is 7. The highest BCUT2D eigenvalue weighted by Crippen LogP contribution is 2.28. The molecule has 1 aromatic carbocycles. The van der Waals surface area contributed by atoms with Crippen molar-refractivity contribution in [3.63, 3.8) is 0 Å². The normalized spacial score (nSPS) is 11.4. The highest BCUT2D eigenvalue weighted by Gasteiger charge is 2.19. The van der Waals surface area contributed by atoms with Gasteiger partial charge in [-0.3, -0.25) is 4.79 Å². The Morgan fingerprint density at radius 2 is 2.13 bits per heavy atom. The van der Waals surface area contributed by atoms with Gasteiger partial charge >= 0.3 is 0 Å². The number of aliphatic hydroxyl groups is 1. The number of anilines is 1. The molecular formula is C21H17N5O2S2. The van der Waals surface area contributed by atoms with Crippen LogP contribution in [0.4, 0.5) is 5.13 Å². The minimum Gasteiger partial charge on any atom is -0.390 e. The minimum atomic E-state index is -0.226. The van der Waals surface area contributed by atoms with E-state index in [0.29, 0.717) is 34.3 Å². The number of rotatable bonds is 5. The molecule has 30 heavy (non-hydrogen) atoms. The molecule has 0 aliphatic heterocycles. The zero-order valence-electron chi connectivity index (χ0n) is 15.7. The van der Waals surface area contributed by atoms with Gasteiger partial charge in [-0.15, -0.1) is 0 Å². The monoisotopic (exact) mass is 435 g/mol. The summed E-state index contributed by atoms with van der Waals surface area (Å²) in [6.45, 7) is 0.202. The van der Waals surface area contributed by atoms with E-state index in [2.05, 4.69) is 15.3 Å². The molecule has 7 nitrogen and oxygen atoms in total. The lowest BCUT2D eigenvalue weighted by Crippen LogP contribution is -2.23. The second-order valence-electron chi connectivity index (χ2n) is 6.73. The van der Waals surface area contributed by atoms with E-state index in [1.165, 1.54) is 11.3 Å². The molecule has 0 aliphatic rings. The van der Waals surface area contributed by atoms with Gasteiger partial charge in [0.05, 0.1) is 33.8 Å². The Bertz CT molecular complexity index is 1370. The predicted molar refractivity (Wildman–Crippen MR) is 120 cm³/mol. The van der Waals surface area contributed by atoms with E-state index < -0.39 is 0 Å². The number of nitrogens with zero attached hydrogens (tertiary/aromatic N) is 3. The summed E-state index contributed by atoms with van der Waals surface area (Å²) in [6, 6.07) is 11.3. The maximum Gasteiger partial charge on any atom is 0.255 e. The number of aromatic nitrogens is 3. The van der Waals surface area contributed by atoms with Crippen molar-refractivity contribution in [1.29, 1.82) is 0 Å². The lowest BCUT2D eigenvalue weighted by molar-refractivity contribution is 0.0952. The number of thiophene rings is 1. The molecular weight excluding hydrogens is 418 g/mol. The van der Waals surface area contributed by atoms with Crippen molar-refractivity contribution >= 4 is 49.6 Å². The van der Waals surface area contributed by atoms with Gasteiger partial charge in [-0.25, -0.2) is 9.97 Å². The number of thiazole rings is 1. The van der Waals surface area contributed by atoms with Crippen LogP contribution in [-0.4, -0.2) is 25.4 Å². The Balaban J connectivity index is 1.45. The first-order valence-corrected chi connectivity index (χ1v) is 11.0. The highest BCUT2D eigenvalue weighted by atomic mass is 32.1. The molecule has 1 amide bonds. The first-order chi connectivity index (χ1) is 14.6. The third-order valence-corrected chi connectivity index (χ3v) is 6.39. The van der Waals surface area contributed by atoms with Crippen LogP contribution in [-0.2, 0) is 13.2 Å². The topological polar surface area (TPSA) is 106 Å². The SMILES string of the molecule is Nc1nc2ccc(CNC(=O)c3cccn4c(CO)c(-c5ccsc5)nc34)cc2s1. The zero-order chi connectivity index (χ0) is 20.7. The average molecular weight is 436 g/mol. The number of fused-ring (bicyclic) bond motifs is 2. The molecule has 0 aliphatic carbocycles. The fourth-order valence-corrected chi connectivity index (χ4v) is 4.89. The molecule has 9 heteroatoms. The first-order valence-electron chi connectivity index (χ1n) is 9.20. The summed E-state index contributed by atoms with van der Waals surface area (Å²) in [7, 11) is 0. The third-order valence-electron chi connectivity index (χ3n) is 4.86. The van der Waals surface area contributed by atoms with E-state index in [9.17, 15) is 9.90 Å². The largest absolute Gasteiger partial charge is 0.390 e. The molecule has 5 rings (SSSR count). The summed E-state index contributed by atoms with van der Waals surface area (Å²) < 4.78 is 2.76. The van der Waals surface area contributed by atoms with E-state index in [0.717, 1.165) is 21.3 Å². The number of nitrogens with two attached hydrogens (primary N) is 1. The Morgan fingerprint density at radius 1 is 1.23 bits per heavy atom. The standard InChI is InChI=1S/C21H17N5O2S2/c22-21-24-15-4-3-12(8-17(15)30-21)9-23-20(28)14-2-1-6-26-16(10-27)18(25-19(14)26)13-5-7-29-11-13/h1-8,11,27H,9-10H2,(H2,22,24)(H,23,28). The van der Waals surface area contributed by atoms with Gasteiger partial charge in [0, 0.05) is 23.7 Å². The number of imidazole rings is 1. The number of carbonyl (C=O) groups is 1. The lowest BCUT2D eigenvalue weighted by Gasteiger charge is -2.07. The Kier molecular flexibility index (Phi) is 4.70. The van der Waals surface area contributed by atoms with Gasteiger partial charge in [0.25, 0.3) is 5.91 Å². The molecule has 4 heterocycles. The molecule has 0 bridgehead atoms.